The third kappa shape index (κ3) is 1.56. The number of ether oxygens (including phenoxy) is 1. The molecule has 0 aromatic heterocycles. The van der Waals surface area contributed by atoms with Gasteiger partial charge in [-0.3, -0.25) is 0 Å². The molecule has 0 spiro atoms. The van der Waals surface area contributed by atoms with Gasteiger partial charge in [0.2, 0.25) is 0 Å². The molecule has 0 aromatic rings. The van der Waals surface area contributed by atoms with Gasteiger partial charge in [0.15, 0.2) is 0 Å². The van der Waals surface area contributed by atoms with Crippen LogP contribution in [0.25, 0.3) is 0 Å². The van der Waals surface area contributed by atoms with Crippen LogP contribution in [-0.4, -0.2) is 23.0 Å². The molecule has 2 unspecified atom stereocenters. The number of aliphatic carboxylic acids is 1. The summed E-state index contributed by atoms with van der Waals surface area (Å²) < 4.78 is 4.59. The topological polar surface area (TPSA) is 69.6 Å². The molecule has 5 heteroatoms. The third-order valence-corrected chi connectivity index (χ3v) is 1.94. The second kappa shape index (κ2) is 2.82. The number of hydrogen-bond acceptors (Lipinski definition) is 3. The lowest BCUT2D eigenvalue weighted by Gasteiger charge is -2.07. The van der Waals surface area contributed by atoms with Crippen molar-refractivity contribution in [2.75, 3.05) is 0 Å². The van der Waals surface area contributed by atoms with E-state index in [1.165, 1.54) is 5.82 Å². The zero-order valence-corrected chi connectivity index (χ0v) is 5.82. The van der Waals surface area contributed by atoms with E-state index in [0.29, 0.717) is 0 Å². The van der Waals surface area contributed by atoms with E-state index in [2.05, 4.69) is 4.74 Å². The first-order valence-corrected chi connectivity index (χ1v) is 3.95. The van der Waals surface area contributed by atoms with E-state index >= 15 is 0 Å². The Labute approximate surface area is 58.2 Å². The molecule has 0 radical (unpaired) electrons. The summed E-state index contributed by atoms with van der Waals surface area (Å²) in [6.07, 6.45) is 0.103. The molecule has 0 aromatic carbocycles. The average molecular weight is 160 g/mol. The highest BCUT2D eigenvalue weighted by atomic mass is 31.1. The fourth-order valence-electron chi connectivity index (χ4n) is 0.520. The minimum Gasteiger partial charge on any atom is -0.626 e. The summed E-state index contributed by atoms with van der Waals surface area (Å²) in [6.45, 7) is 0. The smallest absolute Gasteiger partial charge is 0.353 e. The van der Waals surface area contributed by atoms with E-state index in [1.807, 2.05) is 0 Å². The summed E-state index contributed by atoms with van der Waals surface area (Å²) in [5.74, 6) is 1.35. The van der Waals surface area contributed by atoms with Gasteiger partial charge in [-0.05, 0) is 0 Å². The van der Waals surface area contributed by atoms with Crippen molar-refractivity contribution in [1.29, 1.82) is 0 Å². The highest BCUT2D eigenvalue weighted by molar-refractivity contribution is 7.53. The average Bonchev–Trinajstić information content (AvgIpc) is 1.88. The Kier molecular flexibility index (Phi) is 2.04. The lowest BCUT2D eigenvalue weighted by atomic mass is 10.4. The van der Waals surface area contributed by atoms with Crippen LogP contribution in [-0.2, 0) is 9.53 Å². The lowest BCUT2D eigenvalue weighted by molar-refractivity contribution is -0.152. The Morgan fingerprint density at radius 3 is 2.90 bits per heavy atom. The summed E-state index contributed by atoms with van der Waals surface area (Å²) in [7, 11) is -1.62. The van der Waals surface area contributed by atoms with Crippen molar-refractivity contribution in [2.24, 2.45) is 0 Å². The van der Waals surface area contributed by atoms with E-state index in [9.17, 15) is 9.69 Å². The molecule has 10 heavy (non-hydrogen) atoms. The largest absolute Gasteiger partial charge is 0.626 e. The fourth-order valence-corrected chi connectivity index (χ4v) is 1.27. The molecule has 0 amide bonds. The third-order valence-electron chi connectivity index (χ3n) is 0.959. The zero-order chi connectivity index (χ0) is 7.56. The van der Waals surface area contributed by atoms with Crippen molar-refractivity contribution in [2.45, 2.75) is 6.10 Å². The molecular weight excluding hydrogens is 155 g/mol. The highest BCUT2D eigenvalue weighted by Crippen LogP contribution is 2.17. The first kappa shape index (κ1) is 7.25. The lowest BCUT2D eigenvalue weighted by Crippen LogP contribution is -2.25. The minimum absolute atomic E-state index is 1.05. The van der Waals surface area contributed by atoms with Crippen molar-refractivity contribution < 1.29 is 19.5 Å². The Morgan fingerprint density at radius 1 is 1.80 bits per heavy atom. The molecule has 0 saturated carbocycles. The summed E-state index contributed by atoms with van der Waals surface area (Å²) in [4.78, 5) is 20.8. The van der Waals surface area contributed by atoms with Crippen molar-refractivity contribution in [1.82, 2.24) is 0 Å². The summed E-state index contributed by atoms with van der Waals surface area (Å²) in [5, 5.41) is 8.34. The molecule has 1 rings (SSSR count). The quantitative estimate of drug-likeness (QED) is 0.525. The molecule has 0 fully saturated rings. The summed E-state index contributed by atoms with van der Waals surface area (Å²) >= 11 is 0. The van der Waals surface area contributed by atoms with Crippen molar-refractivity contribution in [3.05, 3.63) is 12.1 Å². The standard InChI is InChI=1S/C5H5O4P/c6-5(7)4-3-10(8)2-1-9-4/h1-4H,(H,6,7). The van der Waals surface area contributed by atoms with Gasteiger partial charge < -0.3 is 14.7 Å². The SMILES string of the molecule is O=C(O)C1C=[P+]([O-])C=CO1. The Bertz CT molecular complexity index is 208. The highest BCUT2D eigenvalue weighted by Gasteiger charge is 2.20. The van der Waals surface area contributed by atoms with E-state index in [0.717, 1.165) is 12.1 Å². The molecule has 1 heterocycles. The maximum atomic E-state index is 10.6. The van der Waals surface area contributed by atoms with Crippen LogP contribution in [0.5, 0.6) is 0 Å². The molecule has 2 atom stereocenters. The molecular formula is C5H5O4P. The Balaban J connectivity index is 2.69. The predicted octanol–water partition coefficient (Wildman–Crippen LogP) is -0.500. The number of carboxylic acids is 1. The van der Waals surface area contributed by atoms with Crippen molar-refractivity contribution >= 4 is 19.5 Å². The number of carboxylic acid groups (broad SMARTS) is 1. The molecule has 4 nitrogen and oxygen atoms in total. The van der Waals surface area contributed by atoms with Crippen LogP contribution in [0.15, 0.2) is 12.1 Å². The minimum atomic E-state index is -1.62. The van der Waals surface area contributed by atoms with Crippen molar-refractivity contribution in [3.8, 4) is 0 Å². The van der Waals surface area contributed by atoms with E-state index in [1.54, 1.807) is 0 Å². The van der Waals surface area contributed by atoms with Crippen LogP contribution >= 0.6 is 7.77 Å². The molecule has 54 valence electrons. The summed E-state index contributed by atoms with van der Waals surface area (Å²) in [5.41, 5.74) is 0. The van der Waals surface area contributed by atoms with Gasteiger partial charge in [-0.15, -0.1) is 0 Å². The second-order valence-electron chi connectivity index (χ2n) is 1.69. The van der Waals surface area contributed by atoms with Crippen molar-refractivity contribution in [3.63, 3.8) is 0 Å². The first-order chi connectivity index (χ1) is 4.70. The van der Waals surface area contributed by atoms with Gasteiger partial charge in [0, 0.05) is 0 Å². The Hall–Kier alpha value is -0.860. The molecule has 0 aliphatic carbocycles. The maximum absolute atomic E-state index is 10.6. The van der Waals surface area contributed by atoms with Crippen LogP contribution in [0.1, 0.15) is 0 Å². The van der Waals surface area contributed by atoms with Gasteiger partial charge >= 0.3 is 5.97 Å². The predicted molar refractivity (Wildman–Crippen MR) is 34.6 cm³/mol. The van der Waals surface area contributed by atoms with Gasteiger partial charge in [-0.1, -0.05) is 0 Å². The maximum Gasteiger partial charge on any atom is 0.353 e. The van der Waals surface area contributed by atoms with Crippen LogP contribution in [0, 0.1) is 0 Å². The van der Waals surface area contributed by atoms with E-state index in [4.69, 9.17) is 5.11 Å². The fraction of sp³-hybridized carbons (Fsp3) is 0.200. The number of rotatable bonds is 1. The van der Waals surface area contributed by atoms with Gasteiger partial charge in [0.05, 0.1) is 7.77 Å². The summed E-state index contributed by atoms with van der Waals surface area (Å²) in [6, 6.07) is 0. The van der Waals surface area contributed by atoms with Gasteiger partial charge in [0.1, 0.15) is 17.9 Å². The number of hydrogen-bond donors (Lipinski definition) is 1. The van der Waals surface area contributed by atoms with E-state index in [-0.39, 0.29) is 0 Å². The molecule has 1 aliphatic heterocycles. The molecule has 0 bridgehead atoms. The van der Waals surface area contributed by atoms with Gasteiger partial charge in [0.25, 0.3) is 6.10 Å². The monoisotopic (exact) mass is 160 g/mol. The molecule has 0 saturated heterocycles. The van der Waals surface area contributed by atoms with Crippen LogP contribution < -0.4 is 4.89 Å². The van der Waals surface area contributed by atoms with Gasteiger partial charge in [-0.2, -0.15) is 0 Å². The van der Waals surface area contributed by atoms with Crippen LogP contribution in [0.3, 0.4) is 0 Å². The number of carbonyl (C=O) groups is 1. The van der Waals surface area contributed by atoms with Crippen LogP contribution in [0.4, 0.5) is 0 Å². The van der Waals surface area contributed by atoms with E-state index < -0.39 is 19.8 Å². The molecule has 1 aliphatic rings. The zero-order valence-electron chi connectivity index (χ0n) is 4.93. The molecule has 1 N–H and O–H groups in total. The Morgan fingerprint density at radius 2 is 2.50 bits per heavy atom. The van der Waals surface area contributed by atoms with Crippen LogP contribution in [0.2, 0.25) is 0 Å². The first-order valence-electron chi connectivity index (χ1n) is 2.55. The van der Waals surface area contributed by atoms with Gasteiger partial charge in [-0.25, -0.2) is 4.79 Å². The second-order valence-corrected chi connectivity index (χ2v) is 3.01. The normalized spacial score (nSPS) is 26.9.